The van der Waals surface area contributed by atoms with Crippen LogP contribution in [0.3, 0.4) is 0 Å². The maximum Gasteiger partial charge on any atom is 0.362 e. The van der Waals surface area contributed by atoms with Gasteiger partial charge < -0.3 is 15.3 Å². The van der Waals surface area contributed by atoms with Gasteiger partial charge >= 0.3 is 17.8 Å². The van der Waals surface area contributed by atoms with E-state index in [1.165, 1.54) is 25.1 Å². The highest BCUT2D eigenvalue weighted by Crippen LogP contribution is 2.11. The Labute approximate surface area is 136 Å². The van der Waals surface area contributed by atoms with E-state index in [2.05, 4.69) is 20.3 Å². The molecule has 1 rings (SSSR count). The van der Waals surface area contributed by atoms with Gasteiger partial charge in [0, 0.05) is 0 Å². The van der Waals surface area contributed by atoms with Crippen molar-refractivity contribution in [2.75, 3.05) is 11.9 Å². The number of ether oxygens (including phenoxy) is 1. The molecule has 1 aromatic rings. The topological polar surface area (TPSA) is 129 Å². The van der Waals surface area contributed by atoms with Crippen LogP contribution in [0.25, 0.3) is 0 Å². The van der Waals surface area contributed by atoms with Crippen LogP contribution in [0.1, 0.15) is 13.8 Å². The lowest BCUT2D eigenvalue weighted by Crippen LogP contribution is -2.34. The second-order valence-corrected chi connectivity index (χ2v) is 4.24. The number of para-hydroxylation sites is 1. The minimum atomic E-state index is -1.21. The maximum absolute atomic E-state index is 13.4. The smallest absolute Gasteiger partial charge is 0.362 e. The van der Waals surface area contributed by atoms with Crippen LogP contribution in [0, 0.1) is 5.82 Å². The fraction of sp³-hybridized carbons (Fsp3) is 0.214. The van der Waals surface area contributed by atoms with Gasteiger partial charge in [0.25, 0.3) is 0 Å². The molecule has 0 saturated carbocycles. The van der Waals surface area contributed by atoms with E-state index in [0.717, 1.165) is 6.07 Å². The molecule has 0 radical (unpaired) electrons. The minimum Gasteiger partial charge on any atom is -0.461 e. The summed E-state index contributed by atoms with van der Waals surface area (Å²) in [6, 6.07) is 5.28. The molecule has 0 heterocycles. The lowest BCUT2D eigenvalue weighted by Gasteiger charge is -2.06. The van der Waals surface area contributed by atoms with Crippen LogP contribution in [0.4, 0.5) is 10.1 Å². The van der Waals surface area contributed by atoms with Gasteiger partial charge in [0.15, 0.2) is 0 Å². The number of carbonyl (C=O) groups excluding carboxylic acids is 3. The SMILES string of the molecule is CCOC(=O)C(=N\O)/C(C)=N/NC(=O)C(=O)Nc1ccccc1F. The number of nitrogens with zero attached hydrogens (tertiary/aromatic N) is 2. The third-order valence-electron chi connectivity index (χ3n) is 2.56. The molecule has 2 amide bonds. The van der Waals surface area contributed by atoms with Crippen LogP contribution in [-0.2, 0) is 19.1 Å². The van der Waals surface area contributed by atoms with Crippen molar-refractivity contribution in [3.05, 3.63) is 30.1 Å². The Bertz CT molecular complexity index is 702. The van der Waals surface area contributed by atoms with Gasteiger partial charge in [0.2, 0.25) is 5.71 Å². The van der Waals surface area contributed by atoms with E-state index < -0.39 is 29.3 Å². The lowest BCUT2D eigenvalue weighted by molar-refractivity contribution is -0.136. The van der Waals surface area contributed by atoms with E-state index in [1.54, 1.807) is 6.92 Å². The Balaban J connectivity index is 2.71. The van der Waals surface area contributed by atoms with E-state index in [9.17, 15) is 18.8 Å². The highest BCUT2D eigenvalue weighted by atomic mass is 19.1. The zero-order valence-corrected chi connectivity index (χ0v) is 12.9. The number of amides is 2. The van der Waals surface area contributed by atoms with Crippen LogP contribution >= 0.6 is 0 Å². The molecule has 0 aliphatic heterocycles. The second-order valence-electron chi connectivity index (χ2n) is 4.24. The average molecular weight is 338 g/mol. The Morgan fingerprint density at radius 2 is 1.92 bits per heavy atom. The monoisotopic (exact) mass is 338 g/mol. The predicted octanol–water partition coefficient (Wildman–Crippen LogP) is 0.650. The first kappa shape index (κ1) is 18.7. The van der Waals surface area contributed by atoms with Crippen molar-refractivity contribution < 1.29 is 28.7 Å². The number of esters is 1. The summed E-state index contributed by atoms with van der Waals surface area (Å²) in [5.41, 5.74) is 0.943. The molecule has 0 aliphatic carbocycles. The van der Waals surface area contributed by atoms with Gasteiger partial charge in [-0.05, 0) is 26.0 Å². The Morgan fingerprint density at radius 1 is 1.25 bits per heavy atom. The molecule has 0 spiro atoms. The molecule has 9 nitrogen and oxygen atoms in total. The van der Waals surface area contributed by atoms with Gasteiger partial charge in [0.1, 0.15) is 5.82 Å². The van der Waals surface area contributed by atoms with Gasteiger partial charge in [0.05, 0.1) is 18.0 Å². The molecule has 0 aliphatic rings. The van der Waals surface area contributed by atoms with Crippen LogP contribution < -0.4 is 10.7 Å². The van der Waals surface area contributed by atoms with E-state index in [-0.39, 0.29) is 18.0 Å². The van der Waals surface area contributed by atoms with Crippen molar-refractivity contribution in [3.63, 3.8) is 0 Å². The number of anilines is 1. The predicted molar refractivity (Wildman–Crippen MR) is 82.1 cm³/mol. The Morgan fingerprint density at radius 3 is 2.50 bits per heavy atom. The van der Waals surface area contributed by atoms with Crippen molar-refractivity contribution in [2.24, 2.45) is 10.3 Å². The maximum atomic E-state index is 13.4. The number of nitrogens with one attached hydrogen (secondary N) is 2. The van der Waals surface area contributed by atoms with Crippen LogP contribution in [0.5, 0.6) is 0 Å². The molecule has 128 valence electrons. The standard InChI is InChI=1S/C14H15FN4O5/c1-3-24-14(22)11(19-23)8(2)17-18-13(21)12(20)16-10-7-5-4-6-9(10)15/h4-7,23H,3H2,1-2H3,(H,16,20)(H,18,21)/b17-8+,19-11-. The van der Waals surface area contributed by atoms with Crippen LogP contribution in [0.15, 0.2) is 34.5 Å². The summed E-state index contributed by atoms with van der Waals surface area (Å²) in [6.45, 7) is 2.84. The van der Waals surface area contributed by atoms with Crippen molar-refractivity contribution in [1.82, 2.24) is 5.43 Å². The first-order valence-electron chi connectivity index (χ1n) is 6.70. The molecule has 0 saturated heterocycles. The molecule has 0 bridgehead atoms. The number of rotatable bonds is 5. The number of hydrogen-bond acceptors (Lipinski definition) is 7. The van der Waals surface area contributed by atoms with Crippen molar-refractivity contribution in [3.8, 4) is 0 Å². The number of hydrazone groups is 1. The summed E-state index contributed by atoms with van der Waals surface area (Å²) in [6.07, 6.45) is 0. The normalized spacial score (nSPS) is 11.6. The molecule has 24 heavy (non-hydrogen) atoms. The lowest BCUT2D eigenvalue weighted by atomic mass is 10.2. The number of benzene rings is 1. The Hall–Kier alpha value is -3.30. The third-order valence-corrected chi connectivity index (χ3v) is 2.56. The molecule has 0 fully saturated rings. The van der Waals surface area contributed by atoms with Gasteiger partial charge in [-0.1, -0.05) is 17.3 Å². The summed E-state index contributed by atoms with van der Waals surface area (Å²) >= 11 is 0. The van der Waals surface area contributed by atoms with Gasteiger partial charge in [-0.15, -0.1) is 0 Å². The molecule has 10 heteroatoms. The summed E-state index contributed by atoms with van der Waals surface area (Å²) < 4.78 is 18.0. The number of hydrogen-bond donors (Lipinski definition) is 3. The van der Waals surface area contributed by atoms with E-state index >= 15 is 0 Å². The fourth-order valence-corrected chi connectivity index (χ4v) is 1.44. The number of halogens is 1. The van der Waals surface area contributed by atoms with Crippen molar-refractivity contribution in [2.45, 2.75) is 13.8 Å². The zero-order chi connectivity index (χ0) is 18.1. The molecule has 1 aromatic carbocycles. The molecular formula is C14H15FN4O5. The highest BCUT2D eigenvalue weighted by molar-refractivity contribution is 6.65. The number of oxime groups is 1. The minimum absolute atomic E-state index is 0.0442. The van der Waals surface area contributed by atoms with Crippen LogP contribution in [0.2, 0.25) is 0 Å². The summed E-state index contributed by atoms with van der Waals surface area (Å²) in [4.78, 5) is 34.7. The van der Waals surface area contributed by atoms with Gasteiger partial charge in [-0.3, -0.25) is 9.59 Å². The number of carbonyl (C=O) groups is 3. The molecular weight excluding hydrogens is 323 g/mol. The first-order chi connectivity index (χ1) is 11.4. The quantitative estimate of drug-likeness (QED) is 0.239. The molecule has 0 atom stereocenters. The van der Waals surface area contributed by atoms with Crippen molar-refractivity contribution in [1.29, 1.82) is 0 Å². The van der Waals surface area contributed by atoms with E-state index in [4.69, 9.17) is 5.21 Å². The second kappa shape index (κ2) is 8.98. The third kappa shape index (κ3) is 5.16. The Kier molecular flexibility index (Phi) is 7.01. The van der Waals surface area contributed by atoms with Gasteiger partial charge in [-0.2, -0.15) is 5.10 Å². The van der Waals surface area contributed by atoms with Crippen molar-refractivity contribution >= 4 is 34.9 Å². The summed E-state index contributed by atoms with van der Waals surface area (Å²) in [5.74, 6) is -4.05. The zero-order valence-electron chi connectivity index (χ0n) is 12.9. The van der Waals surface area contributed by atoms with E-state index in [1.807, 2.05) is 5.43 Å². The average Bonchev–Trinajstić information content (AvgIpc) is 2.55. The summed E-state index contributed by atoms with van der Waals surface area (Å²) in [5, 5.41) is 17.0. The first-order valence-corrected chi connectivity index (χ1v) is 6.70. The molecule has 0 aromatic heterocycles. The molecule has 0 unspecified atom stereocenters. The molecule has 3 N–H and O–H groups in total. The highest BCUT2D eigenvalue weighted by Gasteiger charge is 2.19. The van der Waals surface area contributed by atoms with E-state index in [0.29, 0.717) is 0 Å². The van der Waals surface area contributed by atoms with Gasteiger partial charge in [-0.25, -0.2) is 14.6 Å². The van der Waals surface area contributed by atoms with Crippen LogP contribution in [-0.4, -0.2) is 41.0 Å². The fourth-order valence-electron chi connectivity index (χ4n) is 1.44. The summed E-state index contributed by atoms with van der Waals surface area (Å²) in [7, 11) is 0. The largest absolute Gasteiger partial charge is 0.461 e.